The van der Waals surface area contributed by atoms with E-state index in [-0.39, 0.29) is 18.9 Å². The molecule has 26 heavy (non-hydrogen) atoms. The summed E-state index contributed by atoms with van der Waals surface area (Å²) in [4.78, 5) is 25.7. The fraction of sp³-hybridized carbons (Fsp3) is 0.263. The van der Waals surface area contributed by atoms with Crippen LogP contribution in [0.25, 0.3) is 0 Å². The zero-order valence-electron chi connectivity index (χ0n) is 14.5. The first-order valence-corrected chi connectivity index (χ1v) is 8.03. The third-order valence-corrected chi connectivity index (χ3v) is 4.15. The lowest BCUT2D eigenvalue weighted by molar-refractivity contribution is -0.145. The smallest absolute Gasteiger partial charge is 0.346 e. The average Bonchev–Trinajstić information content (AvgIpc) is 2.66. The molecule has 0 bridgehead atoms. The van der Waals surface area contributed by atoms with Crippen molar-refractivity contribution >= 4 is 17.6 Å². The zero-order valence-corrected chi connectivity index (χ0v) is 14.5. The van der Waals surface area contributed by atoms with Gasteiger partial charge in [0.15, 0.2) is 11.5 Å². The van der Waals surface area contributed by atoms with Crippen LogP contribution in [-0.4, -0.2) is 43.9 Å². The maximum absolute atomic E-state index is 12.9. The molecular weight excluding hydrogens is 338 g/mol. The Balaban J connectivity index is 1.86. The number of rotatable bonds is 5. The molecule has 2 aromatic carbocycles. The molecule has 0 saturated carbocycles. The summed E-state index contributed by atoms with van der Waals surface area (Å²) in [7, 11) is 3.07. The minimum absolute atomic E-state index is 0.0432. The molecule has 0 spiro atoms. The molecule has 1 aliphatic heterocycles. The van der Waals surface area contributed by atoms with Crippen molar-refractivity contribution in [1.82, 2.24) is 0 Å². The van der Waals surface area contributed by atoms with Crippen LogP contribution in [0.15, 0.2) is 42.5 Å². The maximum Gasteiger partial charge on any atom is 0.346 e. The predicted octanol–water partition coefficient (Wildman–Crippen LogP) is 2.13. The Morgan fingerprint density at radius 1 is 1.15 bits per heavy atom. The number of benzene rings is 2. The van der Waals surface area contributed by atoms with Crippen LogP contribution in [0.5, 0.6) is 17.2 Å². The second kappa shape index (κ2) is 7.35. The standard InChI is InChI=1S/C19H19NO6/c1-24-15-8-7-12(9-16(15)25-2)10-18(21)20-11-17(19(22)23)26-14-6-4-3-5-13(14)20/h3-9,17H,10-11H2,1-2H3,(H,22,23)/t17-/m0/s1. The Hall–Kier alpha value is -3.22. The fourth-order valence-electron chi connectivity index (χ4n) is 2.86. The minimum atomic E-state index is -1.11. The van der Waals surface area contributed by atoms with Gasteiger partial charge in [-0.15, -0.1) is 0 Å². The number of aliphatic carboxylic acids is 1. The van der Waals surface area contributed by atoms with Gasteiger partial charge in [0.25, 0.3) is 0 Å². The number of carboxylic acid groups (broad SMARTS) is 1. The van der Waals surface area contributed by atoms with Crippen LogP contribution in [0, 0.1) is 0 Å². The molecule has 2 aromatic rings. The van der Waals surface area contributed by atoms with Gasteiger partial charge in [-0.25, -0.2) is 4.79 Å². The van der Waals surface area contributed by atoms with Crippen molar-refractivity contribution in [3.63, 3.8) is 0 Å². The van der Waals surface area contributed by atoms with Crippen LogP contribution in [0.1, 0.15) is 5.56 Å². The van der Waals surface area contributed by atoms with E-state index in [9.17, 15) is 14.7 Å². The quantitative estimate of drug-likeness (QED) is 0.882. The molecule has 0 aliphatic carbocycles. The van der Waals surface area contributed by atoms with Crippen molar-refractivity contribution < 1.29 is 28.9 Å². The van der Waals surface area contributed by atoms with E-state index in [2.05, 4.69) is 0 Å². The summed E-state index contributed by atoms with van der Waals surface area (Å²) in [5.41, 5.74) is 1.30. The van der Waals surface area contributed by atoms with Gasteiger partial charge < -0.3 is 24.2 Å². The van der Waals surface area contributed by atoms with Crippen LogP contribution in [0.3, 0.4) is 0 Å². The second-order valence-corrected chi connectivity index (χ2v) is 5.78. The lowest BCUT2D eigenvalue weighted by Crippen LogP contribution is -2.47. The van der Waals surface area contributed by atoms with E-state index in [1.807, 2.05) is 0 Å². The van der Waals surface area contributed by atoms with Crippen molar-refractivity contribution in [2.45, 2.75) is 12.5 Å². The average molecular weight is 357 g/mol. The Morgan fingerprint density at radius 2 is 1.88 bits per heavy atom. The van der Waals surface area contributed by atoms with Crippen LogP contribution < -0.4 is 19.1 Å². The van der Waals surface area contributed by atoms with Gasteiger partial charge in [-0.3, -0.25) is 4.79 Å². The monoisotopic (exact) mass is 357 g/mol. The van der Waals surface area contributed by atoms with E-state index in [0.717, 1.165) is 5.56 Å². The maximum atomic E-state index is 12.9. The topological polar surface area (TPSA) is 85.3 Å². The highest BCUT2D eigenvalue weighted by Gasteiger charge is 2.33. The molecule has 0 radical (unpaired) electrons. The first kappa shape index (κ1) is 17.6. The number of carboxylic acids is 1. The highest BCUT2D eigenvalue weighted by molar-refractivity contribution is 5.97. The fourth-order valence-corrected chi connectivity index (χ4v) is 2.86. The predicted molar refractivity (Wildman–Crippen MR) is 94.1 cm³/mol. The molecule has 136 valence electrons. The molecule has 1 heterocycles. The zero-order chi connectivity index (χ0) is 18.7. The van der Waals surface area contributed by atoms with E-state index in [1.165, 1.54) is 12.0 Å². The minimum Gasteiger partial charge on any atom is -0.493 e. The summed E-state index contributed by atoms with van der Waals surface area (Å²) in [6.45, 7) is -0.0432. The van der Waals surface area contributed by atoms with Crippen molar-refractivity contribution in [2.75, 3.05) is 25.7 Å². The Labute approximate surface area is 150 Å². The largest absolute Gasteiger partial charge is 0.493 e. The second-order valence-electron chi connectivity index (χ2n) is 5.78. The third kappa shape index (κ3) is 3.42. The number of anilines is 1. The highest BCUT2D eigenvalue weighted by atomic mass is 16.5. The van der Waals surface area contributed by atoms with Gasteiger partial charge in [0, 0.05) is 0 Å². The summed E-state index contributed by atoms with van der Waals surface area (Å²) in [5.74, 6) is 0.157. The van der Waals surface area contributed by atoms with Gasteiger partial charge in [-0.05, 0) is 29.8 Å². The summed E-state index contributed by atoms with van der Waals surface area (Å²) < 4.78 is 15.9. The summed E-state index contributed by atoms with van der Waals surface area (Å²) >= 11 is 0. The van der Waals surface area contributed by atoms with Crippen molar-refractivity contribution in [3.05, 3.63) is 48.0 Å². The molecule has 7 nitrogen and oxygen atoms in total. The normalized spacial score (nSPS) is 15.6. The van der Waals surface area contributed by atoms with E-state index in [1.54, 1.807) is 49.6 Å². The highest BCUT2D eigenvalue weighted by Crippen LogP contribution is 2.34. The number of methoxy groups -OCH3 is 2. The van der Waals surface area contributed by atoms with Gasteiger partial charge in [0.05, 0.1) is 32.9 Å². The van der Waals surface area contributed by atoms with E-state index in [4.69, 9.17) is 14.2 Å². The SMILES string of the molecule is COc1ccc(CC(=O)N2C[C@@H](C(=O)O)Oc3ccccc32)cc1OC. The van der Waals surface area contributed by atoms with Crippen molar-refractivity contribution in [1.29, 1.82) is 0 Å². The molecule has 3 rings (SSSR count). The summed E-state index contributed by atoms with van der Waals surface area (Å²) in [5, 5.41) is 9.29. The van der Waals surface area contributed by atoms with Gasteiger partial charge in [-0.1, -0.05) is 18.2 Å². The Kier molecular flexibility index (Phi) is 4.97. The number of amides is 1. The first-order chi connectivity index (χ1) is 12.5. The molecule has 7 heteroatoms. The van der Waals surface area contributed by atoms with Crippen molar-refractivity contribution in [3.8, 4) is 17.2 Å². The number of nitrogens with zero attached hydrogens (tertiary/aromatic N) is 1. The molecule has 1 aliphatic rings. The van der Waals surface area contributed by atoms with Crippen LogP contribution >= 0.6 is 0 Å². The van der Waals surface area contributed by atoms with Crippen LogP contribution in [0.4, 0.5) is 5.69 Å². The molecule has 0 saturated heterocycles. The molecular formula is C19H19NO6. The number of ether oxygens (including phenoxy) is 3. The van der Waals surface area contributed by atoms with Gasteiger partial charge in [0.2, 0.25) is 12.0 Å². The van der Waals surface area contributed by atoms with Gasteiger partial charge >= 0.3 is 5.97 Å². The number of fused-ring (bicyclic) bond motifs is 1. The Bertz CT molecular complexity index is 835. The molecule has 0 fully saturated rings. The molecule has 1 atom stereocenters. The van der Waals surface area contributed by atoms with E-state index >= 15 is 0 Å². The van der Waals surface area contributed by atoms with E-state index < -0.39 is 12.1 Å². The molecule has 1 amide bonds. The summed E-state index contributed by atoms with van der Waals surface area (Å²) in [6, 6.07) is 12.1. The van der Waals surface area contributed by atoms with Crippen LogP contribution in [0.2, 0.25) is 0 Å². The number of hydrogen-bond donors (Lipinski definition) is 1. The molecule has 0 unspecified atom stereocenters. The van der Waals surface area contributed by atoms with Crippen LogP contribution in [-0.2, 0) is 16.0 Å². The lowest BCUT2D eigenvalue weighted by Gasteiger charge is -2.33. The van der Waals surface area contributed by atoms with Crippen molar-refractivity contribution in [2.24, 2.45) is 0 Å². The number of carbonyl (C=O) groups excluding carboxylic acids is 1. The first-order valence-electron chi connectivity index (χ1n) is 8.03. The Morgan fingerprint density at radius 3 is 2.58 bits per heavy atom. The molecule has 1 N–H and O–H groups in total. The number of hydrogen-bond acceptors (Lipinski definition) is 5. The lowest BCUT2D eigenvalue weighted by atomic mass is 10.1. The van der Waals surface area contributed by atoms with Gasteiger partial charge in [0.1, 0.15) is 5.75 Å². The third-order valence-electron chi connectivity index (χ3n) is 4.15. The number of para-hydroxylation sites is 2. The summed E-state index contributed by atoms with van der Waals surface area (Å²) in [6.07, 6.45) is -1.000. The van der Waals surface area contributed by atoms with Gasteiger partial charge in [-0.2, -0.15) is 0 Å². The van der Waals surface area contributed by atoms with E-state index in [0.29, 0.717) is 22.9 Å². The number of carbonyl (C=O) groups is 2. The molecule has 0 aromatic heterocycles.